The number of carbonyl (C=O) groups excluding carboxylic acids is 2. The minimum absolute atomic E-state index is 0.0362. The van der Waals surface area contributed by atoms with Crippen LogP contribution < -0.4 is 10.8 Å². The van der Waals surface area contributed by atoms with Crippen LogP contribution in [0, 0.1) is 19.8 Å². The minimum Gasteiger partial charge on any atom is -0.349 e. The Labute approximate surface area is 154 Å². The van der Waals surface area contributed by atoms with Gasteiger partial charge in [0.1, 0.15) is 0 Å². The zero-order valence-corrected chi connectivity index (χ0v) is 15.7. The Bertz CT molecular complexity index is 762. The molecular weight excluding hydrogens is 328 g/mol. The van der Waals surface area contributed by atoms with E-state index in [1.165, 1.54) is 0 Å². The molecule has 0 fully saturated rings. The molecule has 0 radical (unpaired) electrons. The molecule has 2 amide bonds. The van der Waals surface area contributed by atoms with Crippen molar-refractivity contribution in [1.29, 1.82) is 0 Å². The SMILES string of the molecule is Cc1cc(C)cc(CC(=O)NC(c2ccc(C(=O)NO)cc2)C(C)C)c1. The Morgan fingerprint density at radius 2 is 1.58 bits per heavy atom. The fraction of sp³-hybridized carbons (Fsp3) is 0.333. The van der Waals surface area contributed by atoms with Gasteiger partial charge < -0.3 is 5.32 Å². The fourth-order valence-electron chi connectivity index (χ4n) is 3.12. The van der Waals surface area contributed by atoms with Gasteiger partial charge in [-0.1, -0.05) is 55.3 Å². The Balaban J connectivity index is 2.12. The number of hydroxylamine groups is 1. The standard InChI is InChI=1S/C21H26N2O3/c1-13(2)20(17-5-7-18(8-6-17)21(25)23-26)22-19(24)12-16-10-14(3)9-15(4)11-16/h5-11,13,20,26H,12H2,1-4H3,(H,22,24)(H,23,25). The molecular formula is C21H26N2O3. The molecule has 5 heteroatoms. The number of carbonyl (C=O) groups is 2. The van der Waals surface area contributed by atoms with Gasteiger partial charge in [-0.25, -0.2) is 5.48 Å². The third-order valence-corrected chi connectivity index (χ3v) is 4.26. The van der Waals surface area contributed by atoms with Crippen molar-refractivity contribution in [3.05, 3.63) is 70.3 Å². The molecule has 0 aliphatic carbocycles. The molecule has 2 aromatic rings. The summed E-state index contributed by atoms with van der Waals surface area (Å²) in [5, 5.41) is 11.8. The van der Waals surface area contributed by atoms with Crippen molar-refractivity contribution in [3.8, 4) is 0 Å². The van der Waals surface area contributed by atoms with E-state index in [0.29, 0.717) is 12.0 Å². The lowest BCUT2D eigenvalue weighted by molar-refractivity contribution is -0.121. The van der Waals surface area contributed by atoms with Gasteiger partial charge in [0, 0.05) is 5.56 Å². The second-order valence-corrected chi connectivity index (χ2v) is 7.02. The van der Waals surface area contributed by atoms with Gasteiger partial charge in [-0.3, -0.25) is 14.8 Å². The Morgan fingerprint density at radius 1 is 1.00 bits per heavy atom. The summed E-state index contributed by atoms with van der Waals surface area (Å²) in [6.45, 7) is 8.12. The lowest BCUT2D eigenvalue weighted by Gasteiger charge is -2.23. The molecule has 0 heterocycles. The maximum absolute atomic E-state index is 12.5. The van der Waals surface area contributed by atoms with Gasteiger partial charge in [-0.05, 0) is 43.0 Å². The zero-order chi connectivity index (χ0) is 19.3. The predicted octanol–water partition coefficient (Wildman–Crippen LogP) is 3.48. The number of amides is 2. The maximum Gasteiger partial charge on any atom is 0.274 e. The number of aryl methyl sites for hydroxylation is 2. The van der Waals surface area contributed by atoms with Crippen LogP contribution in [0.2, 0.25) is 0 Å². The molecule has 5 nitrogen and oxygen atoms in total. The van der Waals surface area contributed by atoms with Gasteiger partial charge in [0.2, 0.25) is 5.91 Å². The number of nitrogens with one attached hydrogen (secondary N) is 2. The number of hydrogen-bond acceptors (Lipinski definition) is 3. The molecule has 2 aromatic carbocycles. The lowest BCUT2D eigenvalue weighted by atomic mass is 9.94. The largest absolute Gasteiger partial charge is 0.349 e. The van der Waals surface area contributed by atoms with Gasteiger partial charge in [-0.15, -0.1) is 0 Å². The second-order valence-electron chi connectivity index (χ2n) is 7.02. The highest BCUT2D eigenvalue weighted by Gasteiger charge is 2.19. The van der Waals surface area contributed by atoms with E-state index in [2.05, 4.69) is 11.4 Å². The average Bonchev–Trinajstić information content (AvgIpc) is 2.58. The van der Waals surface area contributed by atoms with E-state index in [0.717, 1.165) is 22.3 Å². The number of rotatable bonds is 6. The highest BCUT2D eigenvalue weighted by atomic mass is 16.5. The van der Waals surface area contributed by atoms with Gasteiger partial charge in [0.15, 0.2) is 0 Å². The molecule has 0 bridgehead atoms. The van der Waals surface area contributed by atoms with Crippen LogP contribution in [-0.2, 0) is 11.2 Å². The molecule has 0 saturated heterocycles. The highest BCUT2D eigenvalue weighted by Crippen LogP contribution is 2.22. The summed E-state index contributed by atoms with van der Waals surface area (Å²) in [5.74, 6) is -0.405. The van der Waals surface area contributed by atoms with Crippen LogP contribution in [0.4, 0.5) is 0 Å². The Morgan fingerprint density at radius 3 is 2.08 bits per heavy atom. The van der Waals surface area contributed by atoms with Gasteiger partial charge >= 0.3 is 0 Å². The first kappa shape index (κ1) is 19.7. The normalized spacial score (nSPS) is 11.9. The number of hydrogen-bond donors (Lipinski definition) is 3. The van der Waals surface area contributed by atoms with Crippen molar-refractivity contribution in [2.75, 3.05) is 0 Å². The van der Waals surface area contributed by atoms with E-state index < -0.39 is 5.91 Å². The lowest BCUT2D eigenvalue weighted by Crippen LogP contribution is -2.33. The van der Waals surface area contributed by atoms with Gasteiger partial charge in [-0.2, -0.15) is 0 Å². The Hall–Kier alpha value is -2.66. The molecule has 0 spiro atoms. The van der Waals surface area contributed by atoms with Crippen LogP contribution in [0.1, 0.15) is 52.5 Å². The van der Waals surface area contributed by atoms with Crippen LogP contribution in [0.15, 0.2) is 42.5 Å². The van der Waals surface area contributed by atoms with E-state index in [-0.39, 0.29) is 17.9 Å². The Kier molecular flexibility index (Phi) is 6.52. The minimum atomic E-state index is -0.559. The van der Waals surface area contributed by atoms with E-state index >= 15 is 0 Å². The predicted molar refractivity (Wildman–Crippen MR) is 101 cm³/mol. The average molecular weight is 354 g/mol. The van der Waals surface area contributed by atoms with Gasteiger partial charge in [0.25, 0.3) is 5.91 Å². The summed E-state index contributed by atoms with van der Waals surface area (Å²) in [6, 6.07) is 12.8. The molecule has 1 unspecified atom stereocenters. The summed E-state index contributed by atoms with van der Waals surface area (Å²) >= 11 is 0. The molecule has 0 aliphatic heterocycles. The molecule has 2 rings (SSSR count). The molecule has 26 heavy (non-hydrogen) atoms. The summed E-state index contributed by atoms with van der Waals surface area (Å²) in [6.07, 6.45) is 0.330. The molecule has 0 aromatic heterocycles. The second kappa shape index (κ2) is 8.63. The van der Waals surface area contributed by atoms with Crippen molar-refractivity contribution < 1.29 is 14.8 Å². The van der Waals surface area contributed by atoms with E-state index in [4.69, 9.17) is 5.21 Å². The van der Waals surface area contributed by atoms with Crippen molar-refractivity contribution in [2.45, 2.75) is 40.2 Å². The van der Waals surface area contributed by atoms with Gasteiger partial charge in [0.05, 0.1) is 12.5 Å². The highest BCUT2D eigenvalue weighted by molar-refractivity contribution is 5.93. The van der Waals surface area contributed by atoms with E-state index in [9.17, 15) is 9.59 Å². The quantitative estimate of drug-likeness (QED) is 0.549. The molecule has 138 valence electrons. The number of benzene rings is 2. The van der Waals surface area contributed by atoms with Crippen molar-refractivity contribution in [3.63, 3.8) is 0 Å². The monoisotopic (exact) mass is 354 g/mol. The fourth-order valence-corrected chi connectivity index (χ4v) is 3.12. The summed E-state index contributed by atoms with van der Waals surface area (Å²) in [4.78, 5) is 24.0. The molecule has 1 atom stereocenters. The molecule has 0 aliphatic rings. The van der Waals surface area contributed by atoms with Crippen LogP contribution in [0.25, 0.3) is 0 Å². The maximum atomic E-state index is 12.5. The first-order valence-corrected chi connectivity index (χ1v) is 8.71. The first-order chi connectivity index (χ1) is 12.3. The third kappa shape index (κ3) is 5.17. The van der Waals surface area contributed by atoms with Crippen molar-refractivity contribution >= 4 is 11.8 Å². The van der Waals surface area contributed by atoms with E-state index in [1.807, 2.05) is 39.8 Å². The molecule has 3 N–H and O–H groups in total. The van der Waals surface area contributed by atoms with Crippen LogP contribution in [0.3, 0.4) is 0 Å². The van der Waals surface area contributed by atoms with Crippen LogP contribution in [-0.4, -0.2) is 17.0 Å². The first-order valence-electron chi connectivity index (χ1n) is 8.71. The van der Waals surface area contributed by atoms with E-state index in [1.54, 1.807) is 29.7 Å². The van der Waals surface area contributed by atoms with Crippen LogP contribution in [0.5, 0.6) is 0 Å². The van der Waals surface area contributed by atoms with Crippen LogP contribution >= 0.6 is 0 Å². The third-order valence-electron chi connectivity index (χ3n) is 4.26. The van der Waals surface area contributed by atoms with Crippen molar-refractivity contribution in [1.82, 2.24) is 10.8 Å². The smallest absolute Gasteiger partial charge is 0.274 e. The topological polar surface area (TPSA) is 78.4 Å². The molecule has 0 saturated carbocycles. The van der Waals surface area contributed by atoms with Crippen molar-refractivity contribution in [2.24, 2.45) is 5.92 Å². The summed E-state index contributed by atoms with van der Waals surface area (Å²) in [5.41, 5.74) is 6.18. The zero-order valence-electron chi connectivity index (χ0n) is 15.7. The summed E-state index contributed by atoms with van der Waals surface area (Å²) in [7, 11) is 0. The summed E-state index contributed by atoms with van der Waals surface area (Å²) < 4.78 is 0.